The molecule has 0 aromatic rings. The molecule has 0 aliphatic carbocycles. The average molecular weight is 217 g/mol. The minimum atomic E-state index is -0.756. The lowest BCUT2D eigenvalue weighted by Crippen LogP contribution is -2.35. The molecule has 0 aromatic carbocycles. The topological polar surface area (TPSA) is 60.8 Å². The lowest BCUT2D eigenvalue weighted by Gasteiger charge is -2.19. The molecular weight excluding hydrogens is 202 g/mol. The fourth-order valence-electron chi connectivity index (χ4n) is 1.94. The molecule has 80 valence electrons. The maximum Gasteiger partial charge on any atom is 0.226 e. The zero-order valence-electron chi connectivity index (χ0n) is 7.93. The van der Waals surface area contributed by atoms with Gasteiger partial charge in [0.05, 0.1) is 12.2 Å². The highest BCUT2D eigenvalue weighted by Crippen LogP contribution is 2.26. The summed E-state index contributed by atoms with van der Waals surface area (Å²) in [6.45, 7) is 0.586. The van der Waals surface area contributed by atoms with Gasteiger partial charge < -0.3 is 15.1 Å². The van der Waals surface area contributed by atoms with Gasteiger partial charge in [0, 0.05) is 24.8 Å². The van der Waals surface area contributed by atoms with Gasteiger partial charge in [0.1, 0.15) is 0 Å². The second kappa shape index (κ2) is 4.08. The van der Waals surface area contributed by atoms with Crippen LogP contribution >= 0.6 is 11.8 Å². The van der Waals surface area contributed by atoms with Crippen LogP contribution in [0.1, 0.15) is 6.42 Å². The van der Waals surface area contributed by atoms with Gasteiger partial charge in [-0.25, -0.2) is 0 Å². The fourth-order valence-corrected chi connectivity index (χ4v) is 3.15. The van der Waals surface area contributed by atoms with Crippen molar-refractivity contribution in [1.29, 1.82) is 0 Å². The quantitative estimate of drug-likeness (QED) is 0.610. The van der Waals surface area contributed by atoms with Crippen LogP contribution < -0.4 is 0 Å². The van der Waals surface area contributed by atoms with E-state index in [0.717, 1.165) is 17.9 Å². The monoisotopic (exact) mass is 217 g/mol. The van der Waals surface area contributed by atoms with Crippen molar-refractivity contribution in [3.8, 4) is 0 Å². The van der Waals surface area contributed by atoms with Gasteiger partial charge >= 0.3 is 0 Å². The molecule has 2 heterocycles. The van der Waals surface area contributed by atoms with E-state index < -0.39 is 12.2 Å². The number of amides is 1. The number of hydrogen-bond acceptors (Lipinski definition) is 4. The van der Waals surface area contributed by atoms with Crippen LogP contribution in [0.25, 0.3) is 0 Å². The fraction of sp³-hybridized carbons (Fsp3) is 0.889. The number of β-amino-alcohol motifs (C(OH)–C–C–N with tert-alkyl or cyclic N) is 2. The van der Waals surface area contributed by atoms with Gasteiger partial charge in [0.15, 0.2) is 0 Å². The maximum atomic E-state index is 11.8. The van der Waals surface area contributed by atoms with Crippen LogP contribution in [0.5, 0.6) is 0 Å². The summed E-state index contributed by atoms with van der Waals surface area (Å²) in [5.74, 6) is 2.15. The third-order valence-corrected chi connectivity index (χ3v) is 4.01. The number of thioether (sulfide) groups is 1. The SMILES string of the molecule is O=C(C1CCSC1)N1CC(O)C(O)C1. The molecule has 2 rings (SSSR count). The first-order valence-corrected chi connectivity index (χ1v) is 6.06. The Morgan fingerprint density at radius 2 is 1.93 bits per heavy atom. The summed E-state index contributed by atoms with van der Waals surface area (Å²) in [5.41, 5.74) is 0. The van der Waals surface area contributed by atoms with Crippen LogP contribution in [0, 0.1) is 5.92 Å². The number of aliphatic hydroxyl groups excluding tert-OH is 2. The Balaban J connectivity index is 1.92. The molecule has 4 nitrogen and oxygen atoms in total. The molecule has 2 aliphatic heterocycles. The van der Waals surface area contributed by atoms with E-state index in [1.165, 1.54) is 0 Å². The van der Waals surface area contributed by atoms with Gasteiger partial charge in [-0.3, -0.25) is 4.79 Å². The number of likely N-dealkylation sites (tertiary alicyclic amines) is 1. The molecule has 3 unspecified atom stereocenters. The second-order valence-corrected chi connectivity index (χ2v) is 5.09. The van der Waals surface area contributed by atoms with E-state index in [4.69, 9.17) is 0 Å². The van der Waals surface area contributed by atoms with Crippen molar-refractivity contribution >= 4 is 17.7 Å². The normalized spacial score (nSPS) is 37.9. The van der Waals surface area contributed by atoms with E-state index >= 15 is 0 Å². The van der Waals surface area contributed by atoms with Gasteiger partial charge in [-0.1, -0.05) is 0 Å². The van der Waals surface area contributed by atoms with Gasteiger partial charge in [-0.05, 0) is 12.2 Å². The third kappa shape index (κ3) is 1.89. The van der Waals surface area contributed by atoms with Gasteiger partial charge in [0.25, 0.3) is 0 Å². The Bertz CT molecular complexity index is 220. The second-order valence-electron chi connectivity index (χ2n) is 3.94. The summed E-state index contributed by atoms with van der Waals surface area (Å²) in [5, 5.41) is 18.6. The Kier molecular flexibility index (Phi) is 2.99. The highest BCUT2D eigenvalue weighted by molar-refractivity contribution is 7.99. The first-order valence-electron chi connectivity index (χ1n) is 4.91. The summed E-state index contributed by atoms with van der Waals surface area (Å²) in [6.07, 6.45) is -0.576. The van der Waals surface area contributed by atoms with Crippen LogP contribution in [-0.2, 0) is 4.79 Å². The molecule has 3 atom stereocenters. The van der Waals surface area contributed by atoms with Crippen LogP contribution in [0.15, 0.2) is 0 Å². The summed E-state index contributed by atoms with van der Waals surface area (Å²) in [4.78, 5) is 13.4. The van der Waals surface area contributed by atoms with E-state index in [0.29, 0.717) is 13.1 Å². The van der Waals surface area contributed by atoms with Crippen molar-refractivity contribution in [2.24, 2.45) is 5.92 Å². The molecule has 2 saturated heterocycles. The number of aliphatic hydroxyl groups is 2. The summed E-state index contributed by atoms with van der Waals surface area (Å²) in [6, 6.07) is 0. The molecule has 0 bridgehead atoms. The lowest BCUT2D eigenvalue weighted by atomic mass is 10.1. The smallest absolute Gasteiger partial charge is 0.226 e. The predicted molar refractivity (Wildman–Crippen MR) is 54.0 cm³/mol. The number of carbonyl (C=O) groups is 1. The Morgan fingerprint density at radius 1 is 1.29 bits per heavy atom. The standard InChI is InChI=1S/C9H15NO3S/c11-7-3-10(4-8(7)12)9(13)6-1-2-14-5-6/h6-8,11-12H,1-5H2. The first kappa shape index (κ1) is 10.3. The molecular formula is C9H15NO3S. The van der Waals surface area contributed by atoms with Crippen LogP contribution in [0.4, 0.5) is 0 Å². The van der Waals surface area contributed by atoms with Crippen LogP contribution in [0.2, 0.25) is 0 Å². The highest BCUT2D eigenvalue weighted by Gasteiger charge is 2.36. The van der Waals surface area contributed by atoms with Crippen molar-refractivity contribution in [1.82, 2.24) is 4.90 Å². The number of hydrogen-bond donors (Lipinski definition) is 2. The zero-order valence-corrected chi connectivity index (χ0v) is 8.74. The summed E-state index contributed by atoms with van der Waals surface area (Å²) >= 11 is 1.80. The van der Waals surface area contributed by atoms with E-state index in [1.54, 1.807) is 16.7 Å². The van der Waals surface area contributed by atoms with Crippen molar-refractivity contribution in [2.75, 3.05) is 24.6 Å². The van der Waals surface area contributed by atoms with Crippen LogP contribution in [-0.4, -0.2) is 57.8 Å². The van der Waals surface area contributed by atoms with E-state index in [1.807, 2.05) is 0 Å². The van der Waals surface area contributed by atoms with Crippen LogP contribution in [0.3, 0.4) is 0 Å². The minimum Gasteiger partial charge on any atom is -0.388 e. The molecule has 1 amide bonds. The number of rotatable bonds is 1. The molecule has 2 fully saturated rings. The molecule has 2 N–H and O–H groups in total. The molecule has 0 spiro atoms. The zero-order chi connectivity index (χ0) is 10.1. The number of nitrogens with zero attached hydrogens (tertiary/aromatic N) is 1. The maximum absolute atomic E-state index is 11.8. The van der Waals surface area contributed by atoms with Gasteiger partial charge in [-0.2, -0.15) is 11.8 Å². The largest absolute Gasteiger partial charge is 0.388 e. The first-order chi connectivity index (χ1) is 6.68. The summed E-state index contributed by atoms with van der Waals surface area (Å²) in [7, 11) is 0. The molecule has 2 aliphatic rings. The molecule has 0 aromatic heterocycles. The van der Waals surface area contributed by atoms with E-state index in [2.05, 4.69) is 0 Å². The van der Waals surface area contributed by atoms with Crippen molar-refractivity contribution in [2.45, 2.75) is 18.6 Å². The molecule has 5 heteroatoms. The van der Waals surface area contributed by atoms with Crippen molar-refractivity contribution in [3.63, 3.8) is 0 Å². The molecule has 0 saturated carbocycles. The summed E-state index contributed by atoms with van der Waals surface area (Å²) < 4.78 is 0. The average Bonchev–Trinajstić information content (AvgIpc) is 2.76. The highest BCUT2D eigenvalue weighted by atomic mass is 32.2. The lowest BCUT2D eigenvalue weighted by molar-refractivity contribution is -0.134. The predicted octanol–water partition coefficient (Wildman–Crippen LogP) is -0.697. The Morgan fingerprint density at radius 3 is 2.43 bits per heavy atom. The Labute approximate surface area is 87.3 Å². The molecule has 14 heavy (non-hydrogen) atoms. The van der Waals surface area contributed by atoms with Crippen molar-refractivity contribution < 1.29 is 15.0 Å². The third-order valence-electron chi connectivity index (χ3n) is 2.85. The molecule has 0 radical (unpaired) electrons. The minimum absolute atomic E-state index is 0.102. The van der Waals surface area contributed by atoms with E-state index in [-0.39, 0.29) is 11.8 Å². The number of carbonyl (C=O) groups excluding carboxylic acids is 1. The Hall–Kier alpha value is -0.260. The van der Waals surface area contributed by atoms with Gasteiger partial charge in [-0.15, -0.1) is 0 Å². The van der Waals surface area contributed by atoms with Gasteiger partial charge in [0.2, 0.25) is 5.91 Å². The van der Waals surface area contributed by atoms with Crippen molar-refractivity contribution in [3.05, 3.63) is 0 Å². The van der Waals surface area contributed by atoms with E-state index in [9.17, 15) is 15.0 Å².